The van der Waals surface area contributed by atoms with Crippen LogP contribution in [-0.2, 0) is 11.2 Å². The van der Waals surface area contributed by atoms with E-state index in [-0.39, 0.29) is 30.8 Å². The van der Waals surface area contributed by atoms with Gasteiger partial charge in [0.1, 0.15) is 11.6 Å². The number of rotatable bonds is 8. The maximum Gasteiger partial charge on any atom is 0.225 e. The van der Waals surface area contributed by atoms with Crippen LogP contribution in [0.4, 0.5) is 21.2 Å². The molecule has 1 unspecified atom stereocenters. The largest absolute Gasteiger partial charge is 0.395 e. The Morgan fingerprint density at radius 3 is 2.81 bits per heavy atom. The fourth-order valence-electron chi connectivity index (χ4n) is 4.47. The number of anilines is 3. The average Bonchev–Trinajstić information content (AvgIpc) is 3.65. The Morgan fingerprint density at radius 2 is 2.06 bits per heavy atom. The maximum absolute atomic E-state index is 13.3. The SMILES string of the molecule is CCc1nc2ccc(N3CCC(C(=O)NCCO)C3)nn2c1N(C)c1nc(-c2ccc(F)cc2)cs1. The minimum absolute atomic E-state index is 0.0373. The lowest BCUT2D eigenvalue weighted by molar-refractivity contribution is -0.124. The third-order valence-corrected chi connectivity index (χ3v) is 7.29. The molecule has 4 aromatic rings. The highest BCUT2D eigenvalue weighted by Crippen LogP contribution is 2.34. The number of imidazole rings is 1. The van der Waals surface area contributed by atoms with Crippen molar-refractivity contribution in [2.45, 2.75) is 19.8 Å². The van der Waals surface area contributed by atoms with Crippen LogP contribution < -0.4 is 15.1 Å². The van der Waals surface area contributed by atoms with Gasteiger partial charge in [-0.3, -0.25) is 4.79 Å². The molecule has 1 saturated heterocycles. The first-order valence-corrected chi connectivity index (χ1v) is 12.8. The molecule has 188 valence electrons. The molecule has 1 amide bonds. The second-order valence-electron chi connectivity index (χ2n) is 8.72. The van der Waals surface area contributed by atoms with Crippen molar-refractivity contribution in [3.05, 3.63) is 53.3 Å². The molecular formula is C25H28FN7O2S. The molecule has 1 atom stereocenters. The van der Waals surface area contributed by atoms with Crippen LogP contribution in [0, 0.1) is 11.7 Å². The number of aliphatic hydroxyl groups is 1. The summed E-state index contributed by atoms with van der Waals surface area (Å²) in [5.74, 6) is 1.17. The summed E-state index contributed by atoms with van der Waals surface area (Å²) in [7, 11) is 1.95. The zero-order valence-electron chi connectivity index (χ0n) is 20.2. The molecule has 2 N–H and O–H groups in total. The molecule has 0 saturated carbocycles. The number of thiazole rings is 1. The number of nitrogens with one attached hydrogen (secondary N) is 1. The molecule has 0 spiro atoms. The Labute approximate surface area is 212 Å². The number of hydrogen-bond donors (Lipinski definition) is 2. The van der Waals surface area contributed by atoms with Gasteiger partial charge in [-0.25, -0.2) is 14.4 Å². The summed E-state index contributed by atoms with van der Waals surface area (Å²) in [4.78, 5) is 26.0. The third kappa shape index (κ3) is 4.63. The lowest BCUT2D eigenvalue weighted by Crippen LogP contribution is -2.34. The summed E-state index contributed by atoms with van der Waals surface area (Å²) >= 11 is 1.50. The number of carbonyl (C=O) groups is 1. The van der Waals surface area contributed by atoms with E-state index in [4.69, 9.17) is 20.2 Å². The van der Waals surface area contributed by atoms with E-state index in [1.54, 1.807) is 12.1 Å². The van der Waals surface area contributed by atoms with Crippen LogP contribution in [0.2, 0.25) is 0 Å². The van der Waals surface area contributed by atoms with E-state index in [1.807, 2.05) is 34.0 Å². The van der Waals surface area contributed by atoms with Crippen LogP contribution in [0.5, 0.6) is 0 Å². The molecule has 0 bridgehead atoms. The standard InChI is InChI=1S/C25H28FN7O2S/c1-3-19-24(31(2)25-29-20(15-36-25)16-4-6-18(26)7-5-16)33-21(28-19)8-9-22(30-33)32-12-10-17(14-32)23(35)27-11-13-34/h4-9,15,17,34H,3,10-14H2,1-2H3,(H,27,35). The van der Waals surface area contributed by atoms with Gasteiger partial charge < -0.3 is 20.2 Å². The highest BCUT2D eigenvalue weighted by molar-refractivity contribution is 7.14. The molecule has 4 heterocycles. The van der Waals surface area contributed by atoms with Crippen molar-refractivity contribution in [3.8, 4) is 11.3 Å². The molecule has 0 radical (unpaired) electrons. The van der Waals surface area contributed by atoms with Crippen molar-refractivity contribution < 1.29 is 14.3 Å². The molecule has 36 heavy (non-hydrogen) atoms. The first-order valence-electron chi connectivity index (χ1n) is 12.0. The van der Waals surface area contributed by atoms with Crippen LogP contribution >= 0.6 is 11.3 Å². The Bertz CT molecular complexity index is 1370. The summed E-state index contributed by atoms with van der Waals surface area (Å²) in [6, 6.07) is 10.2. The monoisotopic (exact) mass is 509 g/mol. The number of halogens is 1. The molecule has 11 heteroatoms. The smallest absolute Gasteiger partial charge is 0.225 e. The first kappa shape index (κ1) is 24.1. The summed E-state index contributed by atoms with van der Waals surface area (Å²) in [5.41, 5.74) is 3.28. The number of benzene rings is 1. The predicted molar refractivity (Wildman–Crippen MR) is 138 cm³/mol. The van der Waals surface area contributed by atoms with Crippen LogP contribution in [0.15, 0.2) is 41.8 Å². The molecule has 5 rings (SSSR count). The highest BCUT2D eigenvalue weighted by Gasteiger charge is 2.29. The number of carbonyl (C=O) groups excluding carboxylic acids is 1. The second kappa shape index (κ2) is 10.2. The topological polar surface area (TPSA) is 98.9 Å². The maximum atomic E-state index is 13.3. The molecule has 1 aromatic carbocycles. The zero-order chi connectivity index (χ0) is 25.2. The van der Waals surface area contributed by atoms with Crippen molar-refractivity contribution in [2.75, 3.05) is 43.1 Å². The number of aryl methyl sites for hydroxylation is 1. The molecule has 1 fully saturated rings. The highest BCUT2D eigenvalue weighted by atomic mass is 32.1. The van der Waals surface area contributed by atoms with E-state index in [0.29, 0.717) is 6.54 Å². The number of aromatic nitrogens is 4. The average molecular weight is 510 g/mol. The normalized spacial score (nSPS) is 15.6. The fraction of sp³-hybridized carbons (Fsp3) is 0.360. The third-order valence-electron chi connectivity index (χ3n) is 6.37. The number of hydrogen-bond acceptors (Lipinski definition) is 8. The van der Waals surface area contributed by atoms with Crippen LogP contribution in [0.3, 0.4) is 0 Å². The van der Waals surface area contributed by atoms with Crippen molar-refractivity contribution >= 4 is 39.7 Å². The minimum atomic E-state index is -0.276. The lowest BCUT2D eigenvalue weighted by Gasteiger charge is -2.19. The van der Waals surface area contributed by atoms with Gasteiger partial charge in [0, 0.05) is 37.6 Å². The van der Waals surface area contributed by atoms with Crippen molar-refractivity contribution in [1.82, 2.24) is 24.9 Å². The predicted octanol–water partition coefficient (Wildman–Crippen LogP) is 3.26. The van der Waals surface area contributed by atoms with E-state index in [1.165, 1.54) is 23.5 Å². The quantitative estimate of drug-likeness (QED) is 0.376. The summed E-state index contributed by atoms with van der Waals surface area (Å²) in [5, 5.41) is 19.4. The number of fused-ring (bicyclic) bond motifs is 1. The van der Waals surface area contributed by atoms with Gasteiger partial charge in [-0.15, -0.1) is 16.4 Å². The van der Waals surface area contributed by atoms with Crippen LogP contribution in [0.1, 0.15) is 19.0 Å². The molecule has 9 nitrogen and oxygen atoms in total. The van der Waals surface area contributed by atoms with Crippen LogP contribution in [-0.4, -0.2) is 63.9 Å². The van der Waals surface area contributed by atoms with Crippen molar-refractivity contribution in [3.63, 3.8) is 0 Å². The molecule has 1 aliphatic heterocycles. The summed E-state index contributed by atoms with van der Waals surface area (Å²) in [6.07, 6.45) is 1.46. The minimum Gasteiger partial charge on any atom is -0.395 e. The van der Waals surface area contributed by atoms with E-state index in [0.717, 1.165) is 58.8 Å². The molecular weight excluding hydrogens is 481 g/mol. The summed E-state index contributed by atoms with van der Waals surface area (Å²) < 4.78 is 15.2. The Kier molecular flexibility index (Phi) is 6.84. The van der Waals surface area contributed by atoms with E-state index in [9.17, 15) is 9.18 Å². The zero-order valence-corrected chi connectivity index (χ0v) is 21.0. The fourth-order valence-corrected chi connectivity index (χ4v) is 5.27. The number of aliphatic hydroxyl groups excluding tert-OH is 1. The van der Waals surface area contributed by atoms with Gasteiger partial charge in [-0.1, -0.05) is 6.92 Å². The molecule has 0 aliphatic carbocycles. The second-order valence-corrected chi connectivity index (χ2v) is 9.56. The van der Waals surface area contributed by atoms with Gasteiger partial charge >= 0.3 is 0 Å². The van der Waals surface area contributed by atoms with E-state index < -0.39 is 0 Å². The first-order chi connectivity index (χ1) is 17.5. The van der Waals surface area contributed by atoms with E-state index >= 15 is 0 Å². The molecule has 3 aromatic heterocycles. The van der Waals surface area contributed by atoms with Gasteiger partial charge in [0.05, 0.1) is 23.9 Å². The van der Waals surface area contributed by atoms with Crippen molar-refractivity contribution in [1.29, 1.82) is 0 Å². The Hall–Kier alpha value is -3.57. The Morgan fingerprint density at radius 1 is 1.25 bits per heavy atom. The Balaban J connectivity index is 1.43. The lowest BCUT2D eigenvalue weighted by atomic mass is 10.1. The number of amides is 1. The van der Waals surface area contributed by atoms with Gasteiger partial charge in [0.2, 0.25) is 5.91 Å². The summed E-state index contributed by atoms with van der Waals surface area (Å²) in [6.45, 7) is 3.56. The van der Waals surface area contributed by atoms with Gasteiger partial charge in [0.25, 0.3) is 0 Å². The van der Waals surface area contributed by atoms with Crippen LogP contribution in [0.25, 0.3) is 16.9 Å². The van der Waals surface area contributed by atoms with E-state index in [2.05, 4.69) is 17.1 Å². The van der Waals surface area contributed by atoms with Gasteiger partial charge in [-0.05, 0) is 49.2 Å². The van der Waals surface area contributed by atoms with Crippen molar-refractivity contribution in [2.24, 2.45) is 5.92 Å². The number of nitrogens with zero attached hydrogens (tertiary/aromatic N) is 6. The van der Waals surface area contributed by atoms with Gasteiger partial charge in [-0.2, -0.15) is 4.52 Å². The molecule has 1 aliphatic rings. The van der Waals surface area contributed by atoms with Gasteiger partial charge in [0.15, 0.2) is 16.6 Å².